The normalized spacial score (nSPS) is 14.5. The molecule has 1 aromatic carbocycles. The van der Waals surface area contributed by atoms with Crippen LogP contribution in [0, 0.1) is 0 Å². The van der Waals surface area contributed by atoms with Crippen LogP contribution in [0.2, 0.25) is 0 Å². The molecule has 0 unspecified atom stereocenters. The Labute approximate surface area is 156 Å². The van der Waals surface area contributed by atoms with E-state index in [-0.39, 0.29) is 18.0 Å². The number of H-pyrrole nitrogens is 1. The van der Waals surface area contributed by atoms with Gasteiger partial charge in [-0.3, -0.25) is 4.79 Å². The number of rotatable bonds is 4. The summed E-state index contributed by atoms with van der Waals surface area (Å²) < 4.78 is 0. The quantitative estimate of drug-likeness (QED) is 0.740. The maximum absolute atomic E-state index is 12.8. The van der Waals surface area contributed by atoms with Crippen molar-refractivity contribution < 1.29 is 14.7 Å². The number of aromatic carboxylic acids is 1. The van der Waals surface area contributed by atoms with Gasteiger partial charge in [0.25, 0.3) is 0 Å². The topological polar surface area (TPSA) is 89.5 Å². The highest BCUT2D eigenvalue weighted by Gasteiger charge is 2.25. The highest BCUT2D eigenvalue weighted by Crippen LogP contribution is 2.24. The molecule has 0 radical (unpaired) electrons. The van der Waals surface area contributed by atoms with Gasteiger partial charge in [-0.15, -0.1) is 0 Å². The number of anilines is 1. The lowest BCUT2D eigenvalue weighted by molar-refractivity contribution is -0.130. The number of para-hydroxylation sites is 1. The summed E-state index contributed by atoms with van der Waals surface area (Å²) in [6, 6.07) is 13.1. The predicted octanol–water partition coefficient (Wildman–Crippen LogP) is 2.15. The maximum Gasteiger partial charge on any atom is 0.352 e. The van der Waals surface area contributed by atoms with Crippen LogP contribution >= 0.6 is 0 Å². The van der Waals surface area contributed by atoms with Gasteiger partial charge >= 0.3 is 5.97 Å². The Morgan fingerprint density at radius 1 is 1.04 bits per heavy atom. The smallest absolute Gasteiger partial charge is 0.352 e. The SMILES string of the molecule is O=C(O)c1[nH]c2ccccc2c1CC(=O)N1CCN(c2ccccn2)CC1. The van der Waals surface area contributed by atoms with Gasteiger partial charge in [0.2, 0.25) is 5.91 Å². The predicted molar refractivity (Wildman–Crippen MR) is 102 cm³/mol. The second-order valence-electron chi connectivity index (χ2n) is 6.56. The lowest BCUT2D eigenvalue weighted by Gasteiger charge is -2.35. The molecule has 1 saturated heterocycles. The molecule has 1 fully saturated rings. The molecule has 7 nitrogen and oxygen atoms in total. The number of benzene rings is 1. The molecule has 0 atom stereocenters. The first-order chi connectivity index (χ1) is 13.1. The van der Waals surface area contributed by atoms with Crippen molar-refractivity contribution in [2.45, 2.75) is 6.42 Å². The summed E-state index contributed by atoms with van der Waals surface area (Å²) >= 11 is 0. The number of hydrogen-bond acceptors (Lipinski definition) is 4. The van der Waals surface area contributed by atoms with Crippen LogP contribution in [0.25, 0.3) is 10.9 Å². The zero-order chi connectivity index (χ0) is 18.8. The molecule has 27 heavy (non-hydrogen) atoms. The van der Waals surface area contributed by atoms with Gasteiger partial charge in [-0.05, 0) is 18.2 Å². The lowest BCUT2D eigenvalue weighted by Crippen LogP contribution is -2.49. The fourth-order valence-electron chi connectivity index (χ4n) is 3.55. The number of carbonyl (C=O) groups excluding carboxylic acids is 1. The van der Waals surface area contributed by atoms with Gasteiger partial charge in [-0.25, -0.2) is 9.78 Å². The third-order valence-corrected chi connectivity index (χ3v) is 4.96. The number of amides is 1. The van der Waals surface area contributed by atoms with Crippen molar-refractivity contribution in [3.63, 3.8) is 0 Å². The molecule has 4 rings (SSSR count). The Kier molecular flexibility index (Phi) is 4.50. The summed E-state index contributed by atoms with van der Waals surface area (Å²) in [5, 5.41) is 10.3. The summed E-state index contributed by atoms with van der Waals surface area (Å²) in [5.74, 6) is -0.189. The van der Waals surface area contributed by atoms with E-state index in [1.807, 2.05) is 42.5 Å². The molecule has 1 amide bonds. The van der Waals surface area contributed by atoms with Gasteiger partial charge in [0.05, 0.1) is 6.42 Å². The summed E-state index contributed by atoms with van der Waals surface area (Å²) in [6.07, 6.45) is 1.84. The minimum absolute atomic E-state index is 0.0528. The van der Waals surface area contributed by atoms with E-state index in [9.17, 15) is 14.7 Å². The number of aromatic amines is 1. The van der Waals surface area contributed by atoms with Crippen LogP contribution < -0.4 is 4.90 Å². The van der Waals surface area contributed by atoms with Crippen molar-refractivity contribution in [2.75, 3.05) is 31.1 Å². The lowest BCUT2D eigenvalue weighted by atomic mass is 10.1. The third-order valence-electron chi connectivity index (χ3n) is 4.96. The second-order valence-corrected chi connectivity index (χ2v) is 6.56. The van der Waals surface area contributed by atoms with E-state index in [0.29, 0.717) is 31.7 Å². The Bertz CT molecular complexity index is 975. The zero-order valence-corrected chi connectivity index (χ0v) is 14.8. The highest BCUT2D eigenvalue weighted by atomic mass is 16.4. The van der Waals surface area contributed by atoms with Gasteiger partial charge in [-0.1, -0.05) is 24.3 Å². The van der Waals surface area contributed by atoms with E-state index in [2.05, 4.69) is 14.9 Å². The Hall–Kier alpha value is -3.35. The molecule has 7 heteroatoms. The third kappa shape index (κ3) is 3.36. The molecule has 3 aromatic rings. The van der Waals surface area contributed by atoms with Gasteiger partial charge in [-0.2, -0.15) is 0 Å². The van der Waals surface area contributed by atoms with Crippen LogP contribution in [0.15, 0.2) is 48.7 Å². The standard InChI is InChI=1S/C20H20N4O3/c25-18(24-11-9-23(10-12-24)17-7-3-4-8-21-17)13-15-14-5-1-2-6-16(14)22-19(15)20(26)27/h1-8,22H,9-13H2,(H,26,27). The first kappa shape index (κ1) is 17.1. The van der Waals surface area contributed by atoms with E-state index in [0.717, 1.165) is 16.7 Å². The molecular weight excluding hydrogens is 344 g/mol. The Balaban J connectivity index is 1.48. The van der Waals surface area contributed by atoms with Gasteiger partial charge in [0, 0.05) is 48.8 Å². The van der Waals surface area contributed by atoms with E-state index >= 15 is 0 Å². The molecule has 1 aliphatic rings. The molecule has 2 N–H and O–H groups in total. The molecule has 1 aliphatic heterocycles. The fourth-order valence-corrected chi connectivity index (χ4v) is 3.55. The number of fused-ring (bicyclic) bond motifs is 1. The Morgan fingerprint density at radius 2 is 1.78 bits per heavy atom. The van der Waals surface area contributed by atoms with Gasteiger partial charge in [0.15, 0.2) is 0 Å². The fraction of sp³-hybridized carbons (Fsp3) is 0.250. The van der Waals surface area contributed by atoms with Gasteiger partial charge in [0.1, 0.15) is 11.5 Å². The van der Waals surface area contributed by atoms with E-state index in [4.69, 9.17) is 0 Å². The number of pyridine rings is 1. The summed E-state index contributed by atoms with van der Waals surface area (Å²) in [5.41, 5.74) is 1.38. The minimum atomic E-state index is -1.05. The van der Waals surface area contributed by atoms with Crippen molar-refractivity contribution in [2.24, 2.45) is 0 Å². The largest absolute Gasteiger partial charge is 0.477 e. The highest BCUT2D eigenvalue weighted by molar-refractivity contribution is 6.00. The first-order valence-corrected chi connectivity index (χ1v) is 8.90. The number of carbonyl (C=O) groups is 2. The molecule has 0 bridgehead atoms. The second kappa shape index (κ2) is 7.11. The molecule has 3 heterocycles. The molecule has 138 valence electrons. The number of nitrogens with zero attached hydrogens (tertiary/aromatic N) is 3. The van der Waals surface area contributed by atoms with E-state index < -0.39 is 5.97 Å². The molecule has 0 spiro atoms. The van der Waals surface area contributed by atoms with E-state index in [1.54, 1.807) is 11.1 Å². The van der Waals surface area contributed by atoms with Crippen LogP contribution in [-0.2, 0) is 11.2 Å². The average Bonchev–Trinajstić information content (AvgIpc) is 3.08. The van der Waals surface area contributed by atoms with E-state index in [1.165, 1.54) is 0 Å². The summed E-state index contributed by atoms with van der Waals surface area (Å²) in [6.45, 7) is 2.62. The number of carboxylic acids is 1. The van der Waals surface area contributed by atoms with Crippen molar-refractivity contribution in [3.8, 4) is 0 Å². The van der Waals surface area contributed by atoms with Crippen LogP contribution in [0.1, 0.15) is 16.1 Å². The first-order valence-electron chi connectivity index (χ1n) is 8.90. The average molecular weight is 364 g/mol. The van der Waals surface area contributed by atoms with Crippen molar-refractivity contribution in [1.29, 1.82) is 0 Å². The van der Waals surface area contributed by atoms with Crippen molar-refractivity contribution in [1.82, 2.24) is 14.9 Å². The van der Waals surface area contributed by atoms with Gasteiger partial charge < -0.3 is 19.9 Å². The number of piperazine rings is 1. The Morgan fingerprint density at radius 3 is 2.48 bits per heavy atom. The van der Waals surface area contributed by atoms with Crippen LogP contribution in [0.5, 0.6) is 0 Å². The molecular formula is C20H20N4O3. The zero-order valence-electron chi connectivity index (χ0n) is 14.8. The number of hydrogen-bond donors (Lipinski definition) is 2. The molecule has 2 aromatic heterocycles. The summed E-state index contributed by atoms with van der Waals surface area (Å²) in [4.78, 5) is 35.6. The molecule has 0 aliphatic carbocycles. The van der Waals surface area contributed by atoms with Crippen molar-refractivity contribution >= 4 is 28.6 Å². The van der Waals surface area contributed by atoms with Crippen LogP contribution in [-0.4, -0.2) is 58.0 Å². The maximum atomic E-state index is 12.8. The minimum Gasteiger partial charge on any atom is -0.477 e. The number of aromatic nitrogens is 2. The van der Waals surface area contributed by atoms with Crippen LogP contribution in [0.4, 0.5) is 5.82 Å². The number of nitrogens with one attached hydrogen (secondary N) is 1. The number of carboxylic acid groups (broad SMARTS) is 1. The van der Waals surface area contributed by atoms with Crippen molar-refractivity contribution in [3.05, 3.63) is 59.9 Å². The monoisotopic (exact) mass is 364 g/mol. The summed E-state index contributed by atoms with van der Waals surface area (Å²) in [7, 11) is 0. The van der Waals surface area contributed by atoms with Crippen LogP contribution in [0.3, 0.4) is 0 Å². The molecule has 0 saturated carbocycles.